The van der Waals surface area contributed by atoms with Gasteiger partial charge in [-0.05, 0) is 42.0 Å². The van der Waals surface area contributed by atoms with Crippen molar-refractivity contribution in [3.63, 3.8) is 0 Å². The topological polar surface area (TPSA) is 52.4 Å². The zero-order chi connectivity index (χ0) is 18.8. The Kier molecular flexibility index (Phi) is 4.89. The van der Waals surface area contributed by atoms with Crippen molar-refractivity contribution in [2.24, 2.45) is 0 Å². The van der Waals surface area contributed by atoms with E-state index in [4.69, 9.17) is 9.47 Å². The molecule has 0 saturated heterocycles. The van der Waals surface area contributed by atoms with Crippen LogP contribution in [0.5, 0.6) is 11.5 Å². The number of thioether (sulfide) groups is 1. The molecule has 1 aliphatic rings. The highest BCUT2D eigenvalue weighted by Gasteiger charge is 2.26. The van der Waals surface area contributed by atoms with E-state index in [0.29, 0.717) is 0 Å². The largest absolute Gasteiger partial charge is 0.497 e. The average molecular weight is 386 g/mol. The van der Waals surface area contributed by atoms with Crippen LogP contribution in [0.3, 0.4) is 0 Å². The Morgan fingerprint density at radius 3 is 2.37 bits per heavy atom. The van der Waals surface area contributed by atoms with Crippen molar-refractivity contribution in [2.45, 2.75) is 17.5 Å². The maximum Gasteiger partial charge on any atom is 0.232 e. The molecule has 0 saturated carbocycles. The van der Waals surface area contributed by atoms with Crippen molar-refractivity contribution in [3.8, 4) is 11.5 Å². The Labute approximate surface area is 160 Å². The molecule has 8 heteroatoms. The van der Waals surface area contributed by atoms with Crippen LogP contribution in [0.15, 0.2) is 47.6 Å². The second-order valence-corrected chi connectivity index (χ2v) is 7.01. The lowest BCUT2D eigenvalue weighted by atomic mass is 10.2. The van der Waals surface area contributed by atoms with Crippen LogP contribution in [0, 0.1) is 5.82 Å². The molecule has 0 radical (unpaired) electrons. The molecule has 27 heavy (non-hydrogen) atoms. The molecule has 0 amide bonds. The van der Waals surface area contributed by atoms with E-state index in [9.17, 15) is 4.39 Å². The highest BCUT2D eigenvalue weighted by molar-refractivity contribution is 7.98. The molecule has 2 heterocycles. The molecule has 4 rings (SSSR count). The Bertz CT molecular complexity index is 923. The summed E-state index contributed by atoms with van der Waals surface area (Å²) in [6, 6.07) is 12.3. The Morgan fingerprint density at radius 2 is 1.70 bits per heavy atom. The number of methoxy groups -OCH3 is 2. The zero-order valence-electron chi connectivity index (χ0n) is 15.1. The minimum Gasteiger partial charge on any atom is -0.497 e. The van der Waals surface area contributed by atoms with E-state index in [-0.39, 0.29) is 5.82 Å². The van der Waals surface area contributed by atoms with Crippen LogP contribution in [0.4, 0.5) is 16.0 Å². The number of hydrogen-bond acceptors (Lipinski definition) is 6. The lowest BCUT2D eigenvalue weighted by Crippen LogP contribution is -2.14. The van der Waals surface area contributed by atoms with Crippen molar-refractivity contribution in [1.29, 1.82) is 0 Å². The summed E-state index contributed by atoms with van der Waals surface area (Å²) >= 11 is 1.62. The van der Waals surface area contributed by atoms with Crippen LogP contribution >= 0.6 is 11.8 Å². The van der Waals surface area contributed by atoms with Gasteiger partial charge in [0.25, 0.3) is 0 Å². The second kappa shape index (κ2) is 7.48. The number of ether oxygens (including phenoxy) is 2. The quantitative estimate of drug-likeness (QED) is 0.600. The van der Waals surface area contributed by atoms with E-state index in [0.717, 1.165) is 52.7 Å². The molecule has 3 aromatic rings. The second-order valence-electron chi connectivity index (χ2n) is 6.07. The van der Waals surface area contributed by atoms with Crippen molar-refractivity contribution in [2.75, 3.05) is 25.7 Å². The van der Waals surface area contributed by atoms with E-state index < -0.39 is 0 Å². The summed E-state index contributed by atoms with van der Waals surface area (Å²) in [5.74, 6) is 2.79. The lowest BCUT2D eigenvalue weighted by molar-refractivity contribution is 0.393. The van der Waals surface area contributed by atoms with Gasteiger partial charge in [-0.15, -0.1) is 10.2 Å². The molecule has 140 valence electrons. The van der Waals surface area contributed by atoms with E-state index in [1.165, 1.54) is 12.1 Å². The molecule has 0 fully saturated rings. The summed E-state index contributed by atoms with van der Waals surface area (Å²) in [7, 11) is 3.28. The summed E-state index contributed by atoms with van der Waals surface area (Å²) < 4.78 is 25.9. The van der Waals surface area contributed by atoms with Gasteiger partial charge in [0.05, 0.1) is 14.2 Å². The fraction of sp³-hybridized carbons (Fsp3) is 0.263. The van der Waals surface area contributed by atoms with Crippen LogP contribution in [-0.4, -0.2) is 35.5 Å². The fourth-order valence-electron chi connectivity index (χ4n) is 3.05. The van der Waals surface area contributed by atoms with Crippen molar-refractivity contribution < 1.29 is 13.9 Å². The highest BCUT2D eigenvalue weighted by atomic mass is 32.2. The van der Waals surface area contributed by atoms with Crippen LogP contribution in [0.2, 0.25) is 0 Å². The van der Waals surface area contributed by atoms with Crippen LogP contribution in [0.25, 0.3) is 0 Å². The van der Waals surface area contributed by atoms with E-state index >= 15 is 0 Å². The van der Waals surface area contributed by atoms with Gasteiger partial charge in [0.15, 0.2) is 5.16 Å². The molecule has 6 nitrogen and oxygen atoms in total. The third-order valence-electron chi connectivity index (χ3n) is 4.40. The average Bonchev–Trinajstić information content (AvgIpc) is 3.29. The van der Waals surface area contributed by atoms with E-state index in [2.05, 4.69) is 14.8 Å². The number of rotatable bonds is 6. The van der Waals surface area contributed by atoms with Gasteiger partial charge in [-0.1, -0.05) is 11.8 Å². The van der Waals surface area contributed by atoms with Gasteiger partial charge >= 0.3 is 0 Å². The number of aromatic nitrogens is 3. The molecule has 0 bridgehead atoms. The summed E-state index contributed by atoms with van der Waals surface area (Å²) in [6.07, 6.45) is 0. The Balaban J connectivity index is 1.51. The molecular formula is C19H19FN4O2S. The molecule has 0 N–H and O–H groups in total. The number of nitrogens with zero attached hydrogens (tertiary/aromatic N) is 4. The molecule has 1 aliphatic heterocycles. The maximum atomic E-state index is 13.2. The first kappa shape index (κ1) is 17.7. The van der Waals surface area contributed by atoms with Gasteiger partial charge in [-0.25, -0.2) is 4.39 Å². The van der Waals surface area contributed by atoms with Crippen LogP contribution in [0.1, 0.15) is 5.56 Å². The first-order valence-corrected chi connectivity index (χ1v) is 9.47. The fourth-order valence-corrected chi connectivity index (χ4v) is 3.94. The minimum atomic E-state index is -0.246. The molecule has 0 aliphatic carbocycles. The first-order chi connectivity index (χ1) is 13.2. The predicted octanol–water partition coefficient (Wildman–Crippen LogP) is 3.88. The smallest absolute Gasteiger partial charge is 0.232 e. The van der Waals surface area contributed by atoms with Gasteiger partial charge in [-0.3, -0.25) is 4.57 Å². The predicted molar refractivity (Wildman–Crippen MR) is 103 cm³/mol. The highest BCUT2D eigenvalue weighted by Crippen LogP contribution is 2.34. The van der Waals surface area contributed by atoms with Crippen molar-refractivity contribution in [1.82, 2.24) is 14.8 Å². The standard InChI is InChI=1S/C19H19FN4O2S/c1-25-16-9-13(10-17(11-16)26-2)12-27-19-22-21-18-23(7-8-24(18)19)15-5-3-14(20)4-6-15/h3-6,9-11H,7-8,12H2,1-2H3. The third-order valence-corrected chi connectivity index (χ3v) is 5.44. The van der Waals surface area contributed by atoms with E-state index in [1.807, 2.05) is 23.1 Å². The van der Waals surface area contributed by atoms with Crippen LogP contribution < -0.4 is 14.4 Å². The summed E-state index contributed by atoms with van der Waals surface area (Å²) in [6.45, 7) is 1.58. The number of halogens is 1. The first-order valence-electron chi connectivity index (χ1n) is 8.49. The SMILES string of the molecule is COc1cc(CSc2nnc3n2CCN3c2ccc(F)cc2)cc(OC)c1. The summed E-state index contributed by atoms with van der Waals surface area (Å²) in [5.41, 5.74) is 2.00. The minimum absolute atomic E-state index is 0.246. The van der Waals surface area contributed by atoms with Crippen molar-refractivity contribution in [3.05, 3.63) is 53.8 Å². The van der Waals surface area contributed by atoms with Gasteiger partial charge in [0, 0.05) is 30.6 Å². The Hall–Kier alpha value is -2.74. The van der Waals surface area contributed by atoms with Gasteiger partial charge in [-0.2, -0.15) is 0 Å². The van der Waals surface area contributed by atoms with Crippen molar-refractivity contribution >= 4 is 23.4 Å². The molecule has 0 atom stereocenters. The molecular weight excluding hydrogens is 367 g/mol. The Morgan fingerprint density at radius 1 is 1.00 bits per heavy atom. The monoisotopic (exact) mass is 386 g/mol. The number of hydrogen-bond donors (Lipinski definition) is 0. The third kappa shape index (κ3) is 3.57. The zero-order valence-corrected chi connectivity index (χ0v) is 15.9. The molecule has 0 spiro atoms. The normalized spacial score (nSPS) is 12.9. The number of benzene rings is 2. The lowest BCUT2D eigenvalue weighted by Gasteiger charge is -2.14. The molecule has 1 aromatic heterocycles. The van der Waals surface area contributed by atoms with Gasteiger partial charge < -0.3 is 14.4 Å². The summed E-state index contributed by atoms with van der Waals surface area (Å²) in [5, 5.41) is 9.52. The maximum absolute atomic E-state index is 13.2. The molecule has 2 aromatic carbocycles. The van der Waals surface area contributed by atoms with E-state index in [1.54, 1.807) is 38.1 Å². The van der Waals surface area contributed by atoms with Gasteiger partial charge in [0.1, 0.15) is 17.3 Å². The summed E-state index contributed by atoms with van der Waals surface area (Å²) in [4.78, 5) is 2.05. The number of fused-ring (bicyclic) bond motifs is 1. The molecule has 0 unspecified atom stereocenters. The number of anilines is 2. The van der Waals surface area contributed by atoms with Gasteiger partial charge in [0.2, 0.25) is 5.95 Å². The van der Waals surface area contributed by atoms with Crippen LogP contribution in [-0.2, 0) is 12.3 Å².